The van der Waals surface area contributed by atoms with Gasteiger partial charge in [-0.25, -0.2) is 4.98 Å². The van der Waals surface area contributed by atoms with Gasteiger partial charge in [-0.1, -0.05) is 30.3 Å². The summed E-state index contributed by atoms with van der Waals surface area (Å²) < 4.78 is 5.85. The number of pyridine rings is 2. The molecule has 0 aliphatic carbocycles. The minimum absolute atomic E-state index is 0.448. The Labute approximate surface area is 128 Å². The fourth-order valence-corrected chi connectivity index (χ4v) is 2.48. The van der Waals surface area contributed by atoms with Crippen molar-refractivity contribution >= 4 is 21.8 Å². The number of para-hydroxylation sites is 1. The summed E-state index contributed by atoms with van der Waals surface area (Å²) in [6, 6.07) is 22.1. The third-order valence-electron chi connectivity index (χ3n) is 3.62. The predicted octanol–water partition coefficient (Wildman–Crippen LogP) is 4.36. The molecule has 0 bridgehead atoms. The van der Waals surface area contributed by atoms with Gasteiger partial charge >= 0.3 is 0 Å². The van der Waals surface area contributed by atoms with Crippen molar-refractivity contribution in [3.05, 3.63) is 78.6 Å². The van der Waals surface area contributed by atoms with Crippen molar-refractivity contribution in [3.63, 3.8) is 0 Å². The highest BCUT2D eigenvalue weighted by molar-refractivity contribution is 5.80. The van der Waals surface area contributed by atoms with Crippen LogP contribution in [0.2, 0.25) is 0 Å². The van der Waals surface area contributed by atoms with Crippen LogP contribution in [0, 0.1) is 0 Å². The SMILES string of the molecule is c1cnc2cc(OCc3ccc4ccccc4n3)ccc2c1. The largest absolute Gasteiger partial charge is 0.487 e. The summed E-state index contributed by atoms with van der Waals surface area (Å²) in [4.78, 5) is 8.95. The van der Waals surface area contributed by atoms with Gasteiger partial charge in [0, 0.05) is 23.0 Å². The Morgan fingerprint density at radius 3 is 2.59 bits per heavy atom. The van der Waals surface area contributed by atoms with E-state index in [1.807, 2.05) is 54.6 Å². The molecule has 4 aromatic rings. The van der Waals surface area contributed by atoms with E-state index < -0.39 is 0 Å². The smallest absolute Gasteiger partial charge is 0.130 e. The minimum atomic E-state index is 0.448. The number of nitrogens with zero attached hydrogens (tertiary/aromatic N) is 2. The molecule has 0 amide bonds. The van der Waals surface area contributed by atoms with Crippen molar-refractivity contribution in [1.82, 2.24) is 9.97 Å². The van der Waals surface area contributed by atoms with E-state index in [9.17, 15) is 0 Å². The monoisotopic (exact) mass is 286 g/mol. The number of hydrogen-bond donors (Lipinski definition) is 0. The van der Waals surface area contributed by atoms with E-state index in [0.717, 1.165) is 33.2 Å². The molecule has 0 N–H and O–H groups in total. The molecule has 0 saturated heterocycles. The van der Waals surface area contributed by atoms with Crippen LogP contribution in [0.5, 0.6) is 5.75 Å². The second-order valence-electron chi connectivity index (χ2n) is 5.14. The Hall–Kier alpha value is -2.94. The zero-order valence-corrected chi connectivity index (χ0v) is 11.9. The lowest BCUT2D eigenvalue weighted by Gasteiger charge is -2.07. The minimum Gasteiger partial charge on any atom is -0.487 e. The molecule has 0 saturated carbocycles. The summed E-state index contributed by atoms with van der Waals surface area (Å²) in [6.07, 6.45) is 1.79. The van der Waals surface area contributed by atoms with E-state index in [-0.39, 0.29) is 0 Å². The van der Waals surface area contributed by atoms with Crippen LogP contribution in [0.3, 0.4) is 0 Å². The van der Waals surface area contributed by atoms with Gasteiger partial charge < -0.3 is 4.74 Å². The van der Waals surface area contributed by atoms with Gasteiger partial charge in [0.05, 0.1) is 16.7 Å². The lowest BCUT2D eigenvalue weighted by atomic mass is 10.2. The maximum atomic E-state index is 5.85. The molecular formula is C19H14N2O. The Bertz CT molecular complexity index is 870. The van der Waals surface area contributed by atoms with Crippen molar-refractivity contribution in [2.75, 3.05) is 0 Å². The molecule has 22 heavy (non-hydrogen) atoms. The molecule has 3 nitrogen and oxygen atoms in total. The number of benzene rings is 2. The van der Waals surface area contributed by atoms with Gasteiger partial charge in [-0.15, -0.1) is 0 Å². The van der Waals surface area contributed by atoms with Crippen LogP contribution >= 0.6 is 0 Å². The molecule has 4 rings (SSSR count). The fraction of sp³-hybridized carbons (Fsp3) is 0.0526. The summed E-state index contributed by atoms with van der Waals surface area (Å²) in [7, 11) is 0. The molecule has 0 fully saturated rings. The molecule has 0 unspecified atom stereocenters. The van der Waals surface area contributed by atoms with E-state index >= 15 is 0 Å². The highest BCUT2D eigenvalue weighted by Crippen LogP contribution is 2.20. The molecule has 2 heterocycles. The van der Waals surface area contributed by atoms with Gasteiger partial charge in [-0.2, -0.15) is 0 Å². The van der Waals surface area contributed by atoms with Crippen molar-refractivity contribution in [2.45, 2.75) is 6.61 Å². The third-order valence-corrected chi connectivity index (χ3v) is 3.62. The van der Waals surface area contributed by atoms with Crippen molar-refractivity contribution < 1.29 is 4.74 Å². The lowest BCUT2D eigenvalue weighted by molar-refractivity contribution is 0.302. The molecule has 2 aromatic carbocycles. The Morgan fingerprint density at radius 2 is 1.59 bits per heavy atom. The summed E-state index contributed by atoms with van der Waals surface area (Å²) in [5, 5.41) is 2.25. The van der Waals surface area contributed by atoms with Gasteiger partial charge in [0.25, 0.3) is 0 Å². The first-order valence-electron chi connectivity index (χ1n) is 7.21. The molecule has 2 aromatic heterocycles. The van der Waals surface area contributed by atoms with Crippen LogP contribution in [-0.2, 0) is 6.61 Å². The second-order valence-corrected chi connectivity index (χ2v) is 5.14. The zero-order valence-electron chi connectivity index (χ0n) is 11.9. The lowest BCUT2D eigenvalue weighted by Crippen LogP contribution is -1.98. The van der Waals surface area contributed by atoms with Crippen LogP contribution in [0.4, 0.5) is 0 Å². The van der Waals surface area contributed by atoms with Gasteiger partial charge in [-0.3, -0.25) is 4.98 Å². The molecule has 3 heteroatoms. The first-order valence-corrected chi connectivity index (χ1v) is 7.21. The topological polar surface area (TPSA) is 35.0 Å². The van der Waals surface area contributed by atoms with E-state index in [4.69, 9.17) is 4.74 Å². The van der Waals surface area contributed by atoms with Crippen molar-refractivity contribution in [3.8, 4) is 5.75 Å². The first-order chi connectivity index (χ1) is 10.9. The van der Waals surface area contributed by atoms with E-state index in [1.165, 1.54) is 0 Å². The maximum absolute atomic E-state index is 5.85. The van der Waals surface area contributed by atoms with Gasteiger partial charge in [0.2, 0.25) is 0 Å². The van der Waals surface area contributed by atoms with Gasteiger partial charge in [-0.05, 0) is 30.3 Å². The van der Waals surface area contributed by atoms with Crippen LogP contribution in [0.15, 0.2) is 72.9 Å². The van der Waals surface area contributed by atoms with Crippen molar-refractivity contribution in [2.24, 2.45) is 0 Å². The van der Waals surface area contributed by atoms with E-state index in [1.54, 1.807) is 6.20 Å². The summed E-state index contributed by atoms with van der Waals surface area (Å²) in [6.45, 7) is 0.448. The van der Waals surface area contributed by atoms with Crippen LogP contribution in [0.1, 0.15) is 5.69 Å². The number of fused-ring (bicyclic) bond motifs is 2. The maximum Gasteiger partial charge on any atom is 0.130 e. The average molecular weight is 286 g/mol. The molecule has 0 atom stereocenters. The van der Waals surface area contributed by atoms with E-state index in [2.05, 4.69) is 22.1 Å². The quantitative estimate of drug-likeness (QED) is 0.561. The second kappa shape index (κ2) is 5.45. The molecule has 0 aliphatic heterocycles. The molecule has 0 aliphatic rings. The van der Waals surface area contributed by atoms with Gasteiger partial charge in [0.15, 0.2) is 0 Å². The average Bonchev–Trinajstić information content (AvgIpc) is 2.59. The zero-order chi connectivity index (χ0) is 14.8. The normalized spacial score (nSPS) is 10.9. The number of aromatic nitrogens is 2. The van der Waals surface area contributed by atoms with Crippen LogP contribution in [-0.4, -0.2) is 9.97 Å². The number of rotatable bonds is 3. The highest BCUT2D eigenvalue weighted by atomic mass is 16.5. The number of ether oxygens (including phenoxy) is 1. The van der Waals surface area contributed by atoms with Crippen LogP contribution < -0.4 is 4.74 Å². The summed E-state index contributed by atoms with van der Waals surface area (Å²) in [5.74, 6) is 0.807. The molecule has 0 spiro atoms. The third kappa shape index (κ3) is 2.49. The molecule has 106 valence electrons. The summed E-state index contributed by atoms with van der Waals surface area (Å²) >= 11 is 0. The van der Waals surface area contributed by atoms with E-state index in [0.29, 0.717) is 6.61 Å². The Balaban J connectivity index is 1.57. The summed E-state index contributed by atoms with van der Waals surface area (Å²) in [5.41, 5.74) is 2.84. The number of hydrogen-bond acceptors (Lipinski definition) is 3. The molecular weight excluding hydrogens is 272 g/mol. The standard InChI is InChI=1S/C19H14N2O/c1-2-6-18-14(4-1)7-9-16(21-18)13-22-17-10-8-15-5-3-11-20-19(15)12-17/h1-12H,13H2. The van der Waals surface area contributed by atoms with Crippen LogP contribution in [0.25, 0.3) is 21.8 Å². The highest BCUT2D eigenvalue weighted by Gasteiger charge is 2.01. The fourth-order valence-electron chi connectivity index (χ4n) is 2.48. The molecule has 0 radical (unpaired) electrons. The Morgan fingerprint density at radius 1 is 0.773 bits per heavy atom. The van der Waals surface area contributed by atoms with Crippen molar-refractivity contribution in [1.29, 1.82) is 0 Å². The van der Waals surface area contributed by atoms with Gasteiger partial charge in [0.1, 0.15) is 12.4 Å². The predicted molar refractivity (Wildman–Crippen MR) is 87.8 cm³/mol. The Kier molecular flexibility index (Phi) is 3.16. The first kappa shape index (κ1) is 12.8.